The van der Waals surface area contributed by atoms with Crippen molar-refractivity contribution in [3.63, 3.8) is 0 Å². The van der Waals surface area contributed by atoms with Crippen LogP contribution in [-0.4, -0.2) is 5.91 Å². The van der Waals surface area contributed by atoms with Crippen LogP contribution in [0.1, 0.15) is 12.0 Å². The highest BCUT2D eigenvalue weighted by Crippen LogP contribution is 2.26. The summed E-state index contributed by atoms with van der Waals surface area (Å²) in [5, 5.41) is 0. The smallest absolute Gasteiger partial charge is 0.231 e. The number of aryl methyl sites for hydroxylation is 1. The molecule has 0 unspecified atom stereocenters. The monoisotopic (exact) mass is 291 g/mol. The number of carbonyl (C=O) groups excluding carboxylic acids is 1. The van der Waals surface area contributed by atoms with Gasteiger partial charge in [0, 0.05) is 17.8 Å². The van der Waals surface area contributed by atoms with Crippen LogP contribution >= 0.6 is 0 Å². The number of benzene rings is 2. The molecule has 0 fully saturated rings. The number of para-hydroxylation sites is 2. The molecule has 3 aromatic rings. The van der Waals surface area contributed by atoms with Crippen LogP contribution in [0.5, 0.6) is 0 Å². The molecule has 0 radical (unpaired) electrons. The molecule has 0 atom stereocenters. The van der Waals surface area contributed by atoms with Crippen LogP contribution in [-0.2, 0) is 11.2 Å². The summed E-state index contributed by atoms with van der Waals surface area (Å²) in [6.45, 7) is 0. The predicted octanol–water partition coefficient (Wildman–Crippen LogP) is 4.58. The average molecular weight is 291 g/mol. The van der Waals surface area contributed by atoms with Gasteiger partial charge in [0.05, 0.1) is 12.5 Å². The summed E-state index contributed by atoms with van der Waals surface area (Å²) < 4.78 is 5.05. The molecular formula is C19H17NO2. The molecule has 0 saturated heterocycles. The molecule has 3 rings (SSSR count). The Morgan fingerprint density at radius 2 is 1.45 bits per heavy atom. The molecule has 1 aromatic heterocycles. The average Bonchev–Trinajstić information content (AvgIpc) is 3.09. The predicted molar refractivity (Wildman–Crippen MR) is 87.1 cm³/mol. The Bertz CT molecular complexity index is 666. The van der Waals surface area contributed by atoms with Crippen LogP contribution in [0.4, 0.5) is 11.4 Å². The van der Waals surface area contributed by atoms with E-state index in [1.165, 1.54) is 0 Å². The summed E-state index contributed by atoms with van der Waals surface area (Å²) >= 11 is 0. The minimum Gasteiger partial charge on any atom is -0.472 e. The molecule has 0 aliphatic rings. The molecule has 3 nitrogen and oxygen atoms in total. The van der Waals surface area contributed by atoms with E-state index in [1.807, 2.05) is 66.7 Å². The molecule has 0 aliphatic carbocycles. The summed E-state index contributed by atoms with van der Waals surface area (Å²) in [7, 11) is 0. The Balaban J connectivity index is 1.83. The number of hydrogen-bond donors (Lipinski definition) is 0. The van der Waals surface area contributed by atoms with Gasteiger partial charge in [0.2, 0.25) is 5.91 Å². The van der Waals surface area contributed by atoms with Gasteiger partial charge in [-0.15, -0.1) is 0 Å². The Labute approximate surface area is 129 Å². The van der Waals surface area contributed by atoms with Crippen molar-refractivity contribution in [1.29, 1.82) is 0 Å². The number of nitrogens with zero attached hydrogens (tertiary/aromatic N) is 1. The maximum Gasteiger partial charge on any atom is 0.231 e. The minimum absolute atomic E-state index is 0.0681. The van der Waals surface area contributed by atoms with Gasteiger partial charge in [0.1, 0.15) is 0 Å². The van der Waals surface area contributed by atoms with Gasteiger partial charge in [0.15, 0.2) is 0 Å². The van der Waals surface area contributed by atoms with E-state index < -0.39 is 0 Å². The number of hydrogen-bond acceptors (Lipinski definition) is 2. The Kier molecular flexibility index (Phi) is 4.35. The first-order valence-electron chi connectivity index (χ1n) is 7.29. The van der Waals surface area contributed by atoms with Gasteiger partial charge in [-0.2, -0.15) is 0 Å². The topological polar surface area (TPSA) is 33.5 Å². The number of furan rings is 1. The molecule has 0 bridgehead atoms. The van der Waals surface area contributed by atoms with E-state index in [4.69, 9.17) is 4.42 Å². The molecule has 0 spiro atoms. The summed E-state index contributed by atoms with van der Waals surface area (Å²) in [5.74, 6) is 0.0681. The maximum atomic E-state index is 12.7. The standard InChI is InChI=1S/C19H17NO2/c21-19(12-11-16-13-14-22-15-16)20(17-7-3-1-4-8-17)18-9-5-2-6-10-18/h1-10,13-15H,11-12H2. The maximum absolute atomic E-state index is 12.7. The Morgan fingerprint density at radius 3 is 1.95 bits per heavy atom. The van der Waals surface area contributed by atoms with E-state index in [-0.39, 0.29) is 5.91 Å². The van der Waals surface area contributed by atoms with Crippen molar-refractivity contribution < 1.29 is 9.21 Å². The van der Waals surface area contributed by atoms with E-state index >= 15 is 0 Å². The van der Waals surface area contributed by atoms with Crippen LogP contribution in [0.25, 0.3) is 0 Å². The van der Waals surface area contributed by atoms with Gasteiger partial charge in [-0.25, -0.2) is 0 Å². The molecule has 1 heterocycles. The second-order valence-corrected chi connectivity index (χ2v) is 5.03. The minimum atomic E-state index is 0.0681. The van der Waals surface area contributed by atoms with Crippen LogP contribution in [0.2, 0.25) is 0 Å². The molecule has 0 aliphatic heterocycles. The molecule has 2 aromatic carbocycles. The van der Waals surface area contributed by atoms with E-state index in [0.717, 1.165) is 16.9 Å². The number of rotatable bonds is 5. The third-order valence-electron chi connectivity index (χ3n) is 3.49. The van der Waals surface area contributed by atoms with Gasteiger partial charge in [-0.1, -0.05) is 36.4 Å². The zero-order valence-corrected chi connectivity index (χ0v) is 12.2. The van der Waals surface area contributed by atoms with Crippen molar-refractivity contribution >= 4 is 17.3 Å². The molecular weight excluding hydrogens is 274 g/mol. The van der Waals surface area contributed by atoms with E-state index in [2.05, 4.69) is 0 Å². The van der Waals surface area contributed by atoms with Crippen LogP contribution in [0.15, 0.2) is 83.7 Å². The number of carbonyl (C=O) groups is 1. The van der Waals surface area contributed by atoms with Crippen molar-refractivity contribution in [2.24, 2.45) is 0 Å². The first-order chi connectivity index (χ1) is 10.8. The zero-order valence-electron chi connectivity index (χ0n) is 12.2. The fourth-order valence-corrected chi connectivity index (χ4v) is 2.39. The molecule has 0 saturated carbocycles. The molecule has 1 amide bonds. The number of anilines is 2. The Hall–Kier alpha value is -2.81. The van der Waals surface area contributed by atoms with E-state index in [9.17, 15) is 4.79 Å². The summed E-state index contributed by atoms with van der Waals surface area (Å²) in [5.41, 5.74) is 2.80. The lowest BCUT2D eigenvalue weighted by Crippen LogP contribution is -2.26. The molecule has 0 N–H and O–H groups in total. The van der Waals surface area contributed by atoms with E-state index in [0.29, 0.717) is 12.8 Å². The summed E-state index contributed by atoms with van der Waals surface area (Å²) in [6.07, 6.45) is 4.42. The Morgan fingerprint density at radius 1 is 0.864 bits per heavy atom. The van der Waals surface area contributed by atoms with Crippen LogP contribution in [0.3, 0.4) is 0 Å². The van der Waals surface area contributed by atoms with Gasteiger partial charge in [-0.05, 0) is 42.3 Å². The quantitative estimate of drug-likeness (QED) is 0.689. The lowest BCUT2D eigenvalue weighted by atomic mass is 10.1. The molecule has 110 valence electrons. The fourth-order valence-electron chi connectivity index (χ4n) is 2.39. The third-order valence-corrected chi connectivity index (χ3v) is 3.49. The van der Waals surface area contributed by atoms with Crippen molar-refractivity contribution in [1.82, 2.24) is 0 Å². The van der Waals surface area contributed by atoms with Gasteiger partial charge in [0.25, 0.3) is 0 Å². The normalized spacial score (nSPS) is 10.4. The second kappa shape index (κ2) is 6.76. The highest BCUT2D eigenvalue weighted by molar-refractivity contribution is 6.00. The highest BCUT2D eigenvalue weighted by Gasteiger charge is 2.17. The highest BCUT2D eigenvalue weighted by atomic mass is 16.3. The van der Waals surface area contributed by atoms with Crippen LogP contribution in [0, 0.1) is 0 Å². The third kappa shape index (κ3) is 3.26. The van der Waals surface area contributed by atoms with Gasteiger partial charge in [-0.3, -0.25) is 9.69 Å². The summed E-state index contributed by atoms with van der Waals surface area (Å²) in [4.78, 5) is 14.5. The molecule has 22 heavy (non-hydrogen) atoms. The summed E-state index contributed by atoms with van der Waals surface area (Å²) in [6, 6.07) is 21.3. The van der Waals surface area contributed by atoms with Crippen molar-refractivity contribution in [2.45, 2.75) is 12.8 Å². The molecule has 3 heteroatoms. The fraction of sp³-hybridized carbons (Fsp3) is 0.105. The zero-order chi connectivity index (χ0) is 15.2. The van der Waals surface area contributed by atoms with Crippen molar-refractivity contribution in [3.05, 3.63) is 84.8 Å². The van der Waals surface area contributed by atoms with Crippen molar-refractivity contribution in [2.75, 3.05) is 4.90 Å². The van der Waals surface area contributed by atoms with Crippen LogP contribution < -0.4 is 4.90 Å². The number of amides is 1. The SMILES string of the molecule is O=C(CCc1ccoc1)N(c1ccccc1)c1ccccc1. The lowest BCUT2D eigenvalue weighted by Gasteiger charge is -2.23. The largest absolute Gasteiger partial charge is 0.472 e. The first kappa shape index (κ1) is 14.1. The van der Waals surface area contributed by atoms with Gasteiger partial charge < -0.3 is 4.42 Å². The second-order valence-electron chi connectivity index (χ2n) is 5.03. The van der Waals surface area contributed by atoms with E-state index in [1.54, 1.807) is 17.4 Å². The lowest BCUT2D eigenvalue weighted by molar-refractivity contribution is -0.117. The van der Waals surface area contributed by atoms with Gasteiger partial charge >= 0.3 is 0 Å². The first-order valence-corrected chi connectivity index (χ1v) is 7.29. The van der Waals surface area contributed by atoms with Crippen molar-refractivity contribution in [3.8, 4) is 0 Å².